The van der Waals surface area contributed by atoms with Gasteiger partial charge < -0.3 is 0 Å². The molecule has 0 spiro atoms. The van der Waals surface area contributed by atoms with Gasteiger partial charge in [-0.3, -0.25) is 0 Å². The van der Waals surface area contributed by atoms with Crippen LogP contribution in [0.4, 0.5) is 0 Å². The smallest absolute Gasteiger partial charge is 0.158 e. The zero-order chi connectivity index (χ0) is 17.6. The topological polar surface area (TPSA) is 0 Å². The summed E-state index contributed by atoms with van der Waals surface area (Å²) in [6.45, 7) is 1.70. The van der Waals surface area contributed by atoms with Crippen molar-refractivity contribution < 1.29 is 0 Å². The Hall–Kier alpha value is -4.78. The lowest BCUT2D eigenvalue weighted by Gasteiger charge is -1.57. The average Bonchev–Trinajstić information content (AvgIpc) is 2.60. The Morgan fingerprint density at radius 3 is 0.750 bits per heavy atom. The molecule has 0 saturated carbocycles. The van der Waals surface area contributed by atoms with Gasteiger partial charge in [-0.15, -0.1) is 0 Å². The molecular weight excluding hydrogens is 287 g/mol. The molecule has 0 aliphatic heterocycles. The van der Waals surface area contributed by atoms with Gasteiger partial charge >= 0.3 is 0 Å². The van der Waals surface area contributed by atoms with Gasteiger partial charge in [-0.25, -0.2) is 0 Å². The van der Waals surface area contributed by atoms with Crippen molar-refractivity contribution in [1.82, 2.24) is 0 Å². The van der Waals surface area contributed by atoms with Gasteiger partial charge in [-0.05, 0) is 102 Å². The van der Waals surface area contributed by atoms with Crippen LogP contribution in [-0.4, -0.2) is 7.85 Å². The summed E-state index contributed by atoms with van der Waals surface area (Å²) >= 11 is 0. The highest BCUT2D eigenvalue weighted by Gasteiger charge is 1.58. The second-order valence-electron chi connectivity index (χ2n) is 2.89. The van der Waals surface area contributed by atoms with E-state index in [4.69, 9.17) is 7.85 Å². The maximum atomic E-state index is 4.91. The Balaban J connectivity index is 4.39. The fourth-order valence-corrected chi connectivity index (χ4v) is 0.661. The predicted molar refractivity (Wildman–Crippen MR) is 97.0 cm³/mol. The molecule has 0 aliphatic rings. The van der Waals surface area contributed by atoms with Gasteiger partial charge in [0.1, 0.15) is 0 Å². The van der Waals surface area contributed by atoms with E-state index >= 15 is 0 Å². The molecule has 0 unspecified atom stereocenters. The maximum absolute atomic E-state index is 4.91. The number of hydrogen-bond acceptors (Lipinski definition) is 0. The summed E-state index contributed by atoms with van der Waals surface area (Å²) in [6, 6.07) is 0. The van der Waals surface area contributed by atoms with E-state index < -0.39 is 0 Å². The number of hydrogen-bond donors (Lipinski definition) is 0. The Kier molecular flexibility index (Phi) is 14.6. The quantitative estimate of drug-likeness (QED) is 0.441. The minimum absolute atomic E-state index is 1.70. The molecule has 0 fully saturated rings. The molecule has 0 aromatic carbocycles. The van der Waals surface area contributed by atoms with Gasteiger partial charge in [0.15, 0.2) is 7.85 Å². The van der Waals surface area contributed by atoms with E-state index in [-0.39, 0.29) is 0 Å². The normalized spacial score (nSPS) is 3.88. The van der Waals surface area contributed by atoms with Gasteiger partial charge in [0.25, 0.3) is 0 Å². The van der Waals surface area contributed by atoms with Crippen LogP contribution in [0.25, 0.3) is 0 Å². The first-order valence-corrected chi connectivity index (χ1v) is 6.04. The second-order valence-corrected chi connectivity index (χ2v) is 2.89. The molecule has 0 saturated heterocycles. The Labute approximate surface area is 145 Å². The molecule has 0 bridgehead atoms. The van der Waals surface area contributed by atoms with E-state index in [0.29, 0.717) is 0 Å². The van der Waals surface area contributed by atoms with Gasteiger partial charge in [-0.2, -0.15) is 5.82 Å². The SMILES string of the molecule is [B]C#CC#CC#CC#CC#CC#CC#CC#CC#CC#CC#CC. The third-order valence-electron chi connectivity index (χ3n) is 1.38. The molecule has 0 aromatic rings. The van der Waals surface area contributed by atoms with E-state index in [1.165, 1.54) is 0 Å². The molecule has 0 rings (SSSR count). The van der Waals surface area contributed by atoms with Crippen molar-refractivity contribution in [3.63, 3.8) is 0 Å². The largest absolute Gasteiger partial charge is 0.189 e. The molecule has 0 atom stereocenters. The van der Waals surface area contributed by atoms with E-state index in [2.05, 4.69) is 130 Å². The van der Waals surface area contributed by atoms with Crippen LogP contribution >= 0.6 is 0 Å². The molecule has 98 valence electrons. The van der Waals surface area contributed by atoms with Crippen LogP contribution < -0.4 is 0 Å². The second kappa shape index (κ2) is 18.2. The van der Waals surface area contributed by atoms with Crippen LogP contribution in [0.2, 0.25) is 0 Å². The highest BCUT2D eigenvalue weighted by Crippen LogP contribution is 1.59. The van der Waals surface area contributed by atoms with Crippen molar-refractivity contribution in [3.8, 4) is 130 Å². The first-order valence-electron chi connectivity index (χ1n) is 6.04. The molecule has 0 aliphatic carbocycles. The lowest BCUT2D eigenvalue weighted by atomic mass is 10.2. The molecule has 2 radical (unpaired) electrons. The summed E-state index contributed by atoms with van der Waals surface area (Å²) in [5.41, 5.74) is 0. The molecule has 0 nitrogen and oxygen atoms in total. The highest BCUT2D eigenvalue weighted by molar-refractivity contribution is 6.22. The maximum Gasteiger partial charge on any atom is 0.189 e. The van der Waals surface area contributed by atoms with Crippen LogP contribution in [0.15, 0.2) is 0 Å². The average molecular weight is 290 g/mol. The van der Waals surface area contributed by atoms with E-state index in [9.17, 15) is 0 Å². The van der Waals surface area contributed by atoms with Crippen LogP contribution in [0.3, 0.4) is 0 Å². The van der Waals surface area contributed by atoms with Crippen molar-refractivity contribution in [1.29, 1.82) is 0 Å². The minimum Gasteiger partial charge on any atom is -0.158 e. The summed E-state index contributed by atoms with van der Waals surface area (Å²) < 4.78 is 0. The van der Waals surface area contributed by atoms with Crippen molar-refractivity contribution >= 4 is 7.85 Å². The first-order chi connectivity index (χ1) is 11.9. The van der Waals surface area contributed by atoms with Gasteiger partial charge in [-0.1, -0.05) is 5.92 Å². The Bertz CT molecular complexity index is 1070. The van der Waals surface area contributed by atoms with Crippen LogP contribution in [0.5, 0.6) is 0 Å². The fraction of sp³-hybridized carbons (Fsp3) is 0.0435. The zero-order valence-electron chi connectivity index (χ0n) is 12.6. The summed E-state index contributed by atoms with van der Waals surface area (Å²) in [6.07, 6.45) is 0. The summed E-state index contributed by atoms with van der Waals surface area (Å²) in [5, 5.41) is 0. The molecule has 0 heterocycles. The van der Waals surface area contributed by atoms with Gasteiger partial charge in [0.05, 0.1) is 0 Å². The van der Waals surface area contributed by atoms with E-state index in [1.54, 1.807) is 6.92 Å². The van der Waals surface area contributed by atoms with Crippen molar-refractivity contribution in [2.24, 2.45) is 0 Å². The third-order valence-corrected chi connectivity index (χ3v) is 1.38. The molecule has 24 heavy (non-hydrogen) atoms. The monoisotopic (exact) mass is 290 g/mol. The van der Waals surface area contributed by atoms with Crippen LogP contribution in [-0.2, 0) is 0 Å². The lowest BCUT2D eigenvalue weighted by molar-refractivity contribution is 1.92. The van der Waals surface area contributed by atoms with Crippen LogP contribution in [0.1, 0.15) is 6.92 Å². The first kappa shape index (κ1) is 19.2. The van der Waals surface area contributed by atoms with Gasteiger partial charge in [0.2, 0.25) is 0 Å². The highest BCUT2D eigenvalue weighted by atomic mass is 13.6. The molecular formula is C23H3B. The summed E-state index contributed by atoms with van der Waals surface area (Å²) in [5.74, 6) is 54.4. The summed E-state index contributed by atoms with van der Waals surface area (Å²) in [7, 11) is 4.91. The lowest BCUT2D eigenvalue weighted by Crippen LogP contribution is -1.57. The number of rotatable bonds is 0. The van der Waals surface area contributed by atoms with Crippen molar-refractivity contribution in [3.05, 3.63) is 0 Å². The zero-order valence-corrected chi connectivity index (χ0v) is 12.6. The Morgan fingerprint density at radius 1 is 0.333 bits per heavy atom. The van der Waals surface area contributed by atoms with E-state index in [0.717, 1.165) is 0 Å². The van der Waals surface area contributed by atoms with Gasteiger partial charge in [0, 0.05) is 23.7 Å². The third kappa shape index (κ3) is 17.2. The minimum atomic E-state index is 1.70. The van der Waals surface area contributed by atoms with E-state index in [1.807, 2.05) is 0 Å². The molecule has 1 heteroatoms. The summed E-state index contributed by atoms with van der Waals surface area (Å²) in [4.78, 5) is 0. The van der Waals surface area contributed by atoms with Crippen molar-refractivity contribution in [2.75, 3.05) is 0 Å². The van der Waals surface area contributed by atoms with Crippen LogP contribution in [0, 0.1) is 130 Å². The standard InChI is InChI=1S/C23H3B/c1-2-3-4-5-6-7-8-9-10-11-12-13-14-15-16-17-18-19-20-21-22-23-24/h1H3. The molecule has 0 amide bonds. The molecule has 0 aromatic heterocycles. The fourth-order valence-electron chi connectivity index (χ4n) is 0.661. The van der Waals surface area contributed by atoms with Crippen molar-refractivity contribution in [2.45, 2.75) is 6.92 Å². The Morgan fingerprint density at radius 2 is 0.542 bits per heavy atom. The molecule has 0 N–H and O–H groups in total. The predicted octanol–water partition coefficient (Wildman–Crippen LogP) is 0.170.